The van der Waals surface area contributed by atoms with Gasteiger partial charge in [-0.25, -0.2) is 0 Å². The van der Waals surface area contributed by atoms with E-state index < -0.39 is 0 Å². The fourth-order valence-corrected chi connectivity index (χ4v) is 2.89. The molecule has 2 N–H and O–H groups in total. The molecular weight excluding hydrogens is 248 g/mol. The Morgan fingerprint density at radius 3 is 3.11 bits per heavy atom. The molecule has 4 nitrogen and oxygen atoms in total. The van der Waals surface area contributed by atoms with Crippen molar-refractivity contribution in [3.8, 4) is 5.75 Å². The standard InChI is InChI=1S/C13H18N2O2S/c1-15(11-3-2-4-12(16)8-11)13(17)7-10-9-18-6-5-14-10/h2-4,8,10,14,16H,5-7,9H2,1H3. The van der Waals surface area contributed by atoms with Gasteiger partial charge in [0.2, 0.25) is 5.91 Å². The van der Waals surface area contributed by atoms with Crippen LogP contribution < -0.4 is 10.2 Å². The number of phenolic OH excluding ortho intramolecular Hbond substituents is 1. The molecule has 1 aliphatic rings. The Kier molecular flexibility index (Phi) is 4.49. The van der Waals surface area contributed by atoms with Crippen molar-refractivity contribution >= 4 is 23.4 Å². The zero-order valence-corrected chi connectivity index (χ0v) is 11.2. The van der Waals surface area contributed by atoms with E-state index in [4.69, 9.17) is 0 Å². The van der Waals surface area contributed by atoms with Gasteiger partial charge in [0.25, 0.3) is 0 Å². The number of anilines is 1. The summed E-state index contributed by atoms with van der Waals surface area (Å²) in [6, 6.07) is 7.02. The first kappa shape index (κ1) is 13.2. The van der Waals surface area contributed by atoms with Gasteiger partial charge in [-0.05, 0) is 12.1 Å². The van der Waals surface area contributed by atoms with E-state index in [0.29, 0.717) is 6.42 Å². The Morgan fingerprint density at radius 2 is 2.44 bits per heavy atom. The molecule has 0 aliphatic carbocycles. The van der Waals surface area contributed by atoms with Gasteiger partial charge in [-0.3, -0.25) is 4.79 Å². The number of phenols is 1. The molecule has 1 aromatic rings. The fraction of sp³-hybridized carbons (Fsp3) is 0.462. The summed E-state index contributed by atoms with van der Waals surface area (Å²) in [5, 5.41) is 12.8. The number of hydrogen-bond acceptors (Lipinski definition) is 4. The highest BCUT2D eigenvalue weighted by Gasteiger charge is 2.19. The molecule has 1 unspecified atom stereocenters. The minimum Gasteiger partial charge on any atom is -0.508 e. The Hall–Kier alpha value is -1.20. The highest BCUT2D eigenvalue weighted by molar-refractivity contribution is 7.99. The molecule has 98 valence electrons. The van der Waals surface area contributed by atoms with Gasteiger partial charge in [0.05, 0.1) is 0 Å². The molecule has 18 heavy (non-hydrogen) atoms. The van der Waals surface area contributed by atoms with Crippen molar-refractivity contribution in [3.63, 3.8) is 0 Å². The van der Waals surface area contributed by atoms with Crippen LogP contribution in [0.15, 0.2) is 24.3 Å². The zero-order chi connectivity index (χ0) is 13.0. The molecule has 1 amide bonds. The van der Waals surface area contributed by atoms with Gasteiger partial charge in [-0.2, -0.15) is 11.8 Å². The van der Waals surface area contributed by atoms with Crippen LogP contribution in [0.25, 0.3) is 0 Å². The monoisotopic (exact) mass is 266 g/mol. The lowest BCUT2D eigenvalue weighted by Crippen LogP contribution is -2.41. The van der Waals surface area contributed by atoms with Crippen LogP contribution in [0.2, 0.25) is 0 Å². The first-order valence-corrected chi connectivity index (χ1v) is 7.19. The summed E-state index contributed by atoms with van der Waals surface area (Å²) >= 11 is 1.88. The Morgan fingerprint density at radius 1 is 1.61 bits per heavy atom. The second kappa shape index (κ2) is 6.11. The molecule has 1 atom stereocenters. The second-order valence-corrected chi connectivity index (χ2v) is 5.55. The van der Waals surface area contributed by atoms with Crippen molar-refractivity contribution in [3.05, 3.63) is 24.3 Å². The van der Waals surface area contributed by atoms with Crippen LogP contribution in [0.1, 0.15) is 6.42 Å². The molecule has 0 bridgehead atoms. The third-order valence-corrected chi connectivity index (χ3v) is 4.14. The van der Waals surface area contributed by atoms with E-state index in [1.165, 1.54) is 0 Å². The first-order valence-electron chi connectivity index (χ1n) is 6.03. The van der Waals surface area contributed by atoms with E-state index in [1.807, 2.05) is 17.8 Å². The second-order valence-electron chi connectivity index (χ2n) is 4.40. The van der Waals surface area contributed by atoms with Gasteiger partial charge < -0.3 is 15.3 Å². The maximum absolute atomic E-state index is 12.1. The number of carbonyl (C=O) groups is 1. The van der Waals surface area contributed by atoms with Crippen molar-refractivity contribution in [1.82, 2.24) is 5.32 Å². The third kappa shape index (κ3) is 3.40. The first-order chi connectivity index (χ1) is 8.66. The van der Waals surface area contributed by atoms with E-state index in [-0.39, 0.29) is 17.7 Å². The average Bonchev–Trinajstić information content (AvgIpc) is 2.39. The van der Waals surface area contributed by atoms with E-state index >= 15 is 0 Å². The number of nitrogens with zero attached hydrogens (tertiary/aromatic N) is 1. The normalized spacial score (nSPS) is 19.5. The van der Waals surface area contributed by atoms with Crippen molar-refractivity contribution in [1.29, 1.82) is 0 Å². The zero-order valence-electron chi connectivity index (χ0n) is 10.4. The molecule has 0 radical (unpaired) electrons. The van der Waals surface area contributed by atoms with Gasteiger partial charge >= 0.3 is 0 Å². The summed E-state index contributed by atoms with van der Waals surface area (Å²) in [5.74, 6) is 2.35. The van der Waals surface area contributed by atoms with Gasteiger partial charge in [-0.1, -0.05) is 6.07 Å². The molecule has 1 saturated heterocycles. The fourth-order valence-electron chi connectivity index (χ4n) is 1.94. The average molecular weight is 266 g/mol. The topological polar surface area (TPSA) is 52.6 Å². The van der Waals surface area contributed by atoms with Gasteiger partial charge in [0.1, 0.15) is 5.75 Å². The highest BCUT2D eigenvalue weighted by Crippen LogP contribution is 2.20. The molecule has 0 spiro atoms. The maximum atomic E-state index is 12.1. The van der Waals surface area contributed by atoms with Crippen LogP contribution in [0, 0.1) is 0 Å². The van der Waals surface area contributed by atoms with Crippen LogP contribution in [-0.2, 0) is 4.79 Å². The summed E-state index contributed by atoms with van der Waals surface area (Å²) in [7, 11) is 1.74. The van der Waals surface area contributed by atoms with E-state index in [1.54, 1.807) is 30.1 Å². The summed E-state index contributed by atoms with van der Waals surface area (Å²) in [5.41, 5.74) is 0.725. The van der Waals surface area contributed by atoms with Gasteiger partial charge in [-0.15, -0.1) is 0 Å². The van der Waals surface area contributed by atoms with E-state index in [9.17, 15) is 9.90 Å². The predicted octanol–water partition coefficient (Wildman–Crippen LogP) is 1.45. The van der Waals surface area contributed by atoms with Crippen LogP contribution in [-0.4, -0.2) is 42.2 Å². The Bertz CT molecular complexity index is 419. The van der Waals surface area contributed by atoms with Crippen LogP contribution in [0.4, 0.5) is 5.69 Å². The number of rotatable bonds is 3. The van der Waals surface area contributed by atoms with Crippen LogP contribution in [0.3, 0.4) is 0 Å². The summed E-state index contributed by atoms with van der Waals surface area (Å²) in [6.07, 6.45) is 0.499. The number of carbonyl (C=O) groups excluding carboxylic acids is 1. The minimum atomic E-state index is 0.0700. The number of aromatic hydroxyl groups is 1. The highest BCUT2D eigenvalue weighted by atomic mass is 32.2. The maximum Gasteiger partial charge on any atom is 0.228 e. The summed E-state index contributed by atoms with van der Waals surface area (Å²) in [6.45, 7) is 0.971. The molecule has 1 aromatic carbocycles. The lowest BCUT2D eigenvalue weighted by molar-refractivity contribution is -0.118. The number of amides is 1. The molecule has 2 rings (SSSR count). The Balaban J connectivity index is 1.95. The summed E-state index contributed by atoms with van der Waals surface area (Å²) in [4.78, 5) is 13.7. The SMILES string of the molecule is CN(C(=O)CC1CSCCN1)c1cccc(O)c1. The van der Waals surface area contributed by atoms with Crippen LogP contribution in [0.5, 0.6) is 5.75 Å². The van der Waals surface area contributed by atoms with Gasteiger partial charge in [0, 0.05) is 49.3 Å². The molecular formula is C13H18N2O2S. The van der Waals surface area contributed by atoms with Crippen molar-refractivity contribution in [2.75, 3.05) is 30.0 Å². The molecule has 1 aliphatic heterocycles. The van der Waals surface area contributed by atoms with Crippen molar-refractivity contribution in [2.45, 2.75) is 12.5 Å². The number of nitrogens with one attached hydrogen (secondary N) is 1. The van der Waals surface area contributed by atoms with Gasteiger partial charge in [0.15, 0.2) is 0 Å². The molecule has 1 fully saturated rings. The smallest absolute Gasteiger partial charge is 0.228 e. The van der Waals surface area contributed by atoms with Crippen LogP contribution >= 0.6 is 11.8 Å². The van der Waals surface area contributed by atoms with E-state index in [2.05, 4.69) is 5.32 Å². The number of benzene rings is 1. The molecule has 1 heterocycles. The van der Waals surface area contributed by atoms with Crippen molar-refractivity contribution in [2.24, 2.45) is 0 Å². The predicted molar refractivity (Wildman–Crippen MR) is 75.2 cm³/mol. The lowest BCUT2D eigenvalue weighted by atomic mass is 10.2. The van der Waals surface area contributed by atoms with Crippen molar-refractivity contribution < 1.29 is 9.90 Å². The number of hydrogen-bond donors (Lipinski definition) is 2. The minimum absolute atomic E-state index is 0.0700. The molecule has 0 aromatic heterocycles. The van der Waals surface area contributed by atoms with E-state index in [0.717, 1.165) is 23.7 Å². The largest absolute Gasteiger partial charge is 0.508 e. The quantitative estimate of drug-likeness (QED) is 0.869. The summed E-state index contributed by atoms with van der Waals surface area (Å²) < 4.78 is 0. The molecule has 0 saturated carbocycles. The molecule has 5 heteroatoms. The third-order valence-electron chi connectivity index (χ3n) is 3.01. The number of thioether (sulfide) groups is 1. The Labute approximate surface area is 111 Å². The lowest BCUT2D eigenvalue weighted by Gasteiger charge is -2.25.